The Morgan fingerprint density at radius 3 is 2.68 bits per heavy atom. The minimum Gasteiger partial charge on any atom is -0.486 e. The van der Waals surface area contributed by atoms with E-state index in [4.69, 9.17) is 21.6 Å². The molecule has 0 heterocycles. The van der Waals surface area contributed by atoms with Gasteiger partial charge in [0.25, 0.3) is 0 Å². The van der Waals surface area contributed by atoms with E-state index in [1.54, 1.807) is 0 Å². The Bertz CT molecular complexity index is 649. The summed E-state index contributed by atoms with van der Waals surface area (Å²) in [6.45, 7) is 2.12. The second-order valence-electron chi connectivity index (χ2n) is 4.14. The molecule has 96 valence electrons. The van der Waals surface area contributed by atoms with Crippen LogP contribution in [0.15, 0.2) is 36.4 Å². The predicted octanol–water partition coefficient (Wildman–Crippen LogP) is 4.24. The fourth-order valence-electron chi connectivity index (χ4n) is 1.61. The van der Waals surface area contributed by atoms with Gasteiger partial charge >= 0.3 is 0 Å². The number of hydrogen-bond acceptors (Lipinski definition) is 2. The standard InChI is InChI=1S/C15H11ClFNO/c1-10-2-4-12(13(16)6-10)9-19-15-5-3-11(8-18)7-14(15)17/h2-7H,9H2,1H3. The van der Waals surface area contributed by atoms with Crippen LogP contribution in [0.1, 0.15) is 16.7 Å². The van der Waals surface area contributed by atoms with E-state index in [9.17, 15) is 4.39 Å². The number of nitriles is 1. The van der Waals surface area contributed by atoms with Crippen LogP contribution in [0.2, 0.25) is 5.02 Å². The normalized spacial score (nSPS) is 10.0. The number of ether oxygens (including phenoxy) is 1. The maximum absolute atomic E-state index is 13.6. The summed E-state index contributed by atoms with van der Waals surface area (Å²) in [5, 5.41) is 9.24. The molecule has 19 heavy (non-hydrogen) atoms. The molecular formula is C15H11ClFNO. The Labute approximate surface area is 116 Å². The topological polar surface area (TPSA) is 33.0 Å². The van der Waals surface area contributed by atoms with Gasteiger partial charge in [0.15, 0.2) is 11.6 Å². The van der Waals surface area contributed by atoms with Gasteiger partial charge in [-0.15, -0.1) is 0 Å². The summed E-state index contributed by atoms with van der Waals surface area (Å²) < 4.78 is 19.0. The number of benzene rings is 2. The smallest absolute Gasteiger partial charge is 0.166 e. The first-order valence-corrected chi connectivity index (χ1v) is 6.05. The first-order chi connectivity index (χ1) is 9.10. The molecule has 0 aliphatic carbocycles. The average Bonchev–Trinajstić information content (AvgIpc) is 2.39. The lowest BCUT2D eigenvalue weighted by Crippen LogP contribution is -1.98. The summed E-state index contributed by atoms with van der Waals surface area (Å²) in [4.78, 5) is 0. The zero-order valence-corrected chi connectivity index (χ0v) is 11.0. The van der Waals surface area contributed by atoms with Crippen molar-refractivity contribution in [1.82, 2.24) is 0 Å². The molecule has 2 aromatic rings. The maximum atomic E-state index is 13.6. The lowest BCUT2D eigenvalue weighted by Gasteiger charge is -2.09. The SMILES string of the molecule is Cc1ccc(COc2ccc(C#N)cc2F)c(Cl)c1. The summed E-state index contributed by atoms with van der Waals surface area (Å²) in [6.07, 6.45) is 0. The predicted molar refractivity (Wildman–Crippen MR) is 71.6 cm³/mol. The molecule has 2 aromatic carbocycles. The summed E-state index contributed by atoms with van der Waals surface area (Å²) in [5.41, 5.74) is 2.10. The van der Waals surface area contributed by atoms with Gasteiger partial charge < -0.3 is 4.74 Å². The van der Waals surface area contributed by atoms with E-state index >= 15 is 0 Å². The summed E-state index contributed by atoms with van der Waals surface area (Å²) in [7, 11) is 0. The molecular weight excluding hydrogens is 265 g/mol. The molecule has 0 saturated heterocycles. The molecule has 0 spiro atoms. The minimum absolute atomic E-state index is 0.107. The molecule has 0 atom stereocenters. The molecule has 0 aliphatic rings. The minimum atomic E-state index is -0.553. The van der Waals surface area contributed by atoms with Crippen molar-refractivity contribution in [3.05, 3.63) is 63.9 Å². The van der Waals surface area contributed by atoms with Crippen LogP contribution >= 0.6 is 11.6 Å². The summed E-state index contributed by atoms with van der Waals surface area (Å²) >= 11 is 6.07. The van der Waals surface area contributed by atoms with Gasteiger partial charge in [0.05, 0.1) is 11.6 Å². The highest BCUT2D eigenvalue weighted by atomic mass is 35.5. The molecule has 0 amide bonds. The van der Waals surface area contributed by atoms with Crippen LogP contribution in [0.4, 0.5) is 4.39 Å². The Hall–Kier alpha value is -2.05. The van der Waals surface area contributed by atoms with Crippen LogP contribution in [-0.4, -0.2) is 0 Å². The van der Waals surface area contributed by atoms with Crippen molar-refractivity contribution in [3.63, 3.8) is 0 Å². The van der Waals surface area contributed by atoms with Crippen LogP contribution in [-0.2, 0) is 6.61 Å². The molecule has 0 saturated carbocycles. The van der Waals surface area contributed by atoms with Crippen LogP contribution < -0.4 is 4.74 Å². The van der Waals surface area contributed by atoms with Crippen LogP contribution in [0.5, 0.6) is 5.75 Å². The van der Waals surface area contributed by atoms with E-state index in [1.165, 1.54) is 12.1 Å². The van der Waals surface area contributed by atoms with E-state index in [0.29, 0.717) is 5.02 Å². The second-order valence-corrected chi connectivity index (χ2v) is 4.55. The lowest BCUT2D eigenvalue weighted by molar-refractivity contribution is 0.290. The molecule has 0 fully saturated rings. The van der Waals surface area contributed by atoms with Crippen LogP contribution in [0.3, 0.4) is 0 Å². The number of aryl methyl sites for hydroxylation is 1. The van der Waals surface area contributed by atoms with Crippen LogP contribution in [0, 0.1) is 24.1 Å². The van der Waals surface area contributed by atoms with E-state index in [-0.39, 0.29) is 17.9 Å². The van der Waals surface area contributed by atoms with Gasteiger partial charge in [0.1, 0.15) is 6.61 Å². The lowest BCUT2D eigenvalue weighted by atomic mass is 10.1. The van der Waals surface area contributed by atoms with Crippen molar-refractivity contribution in [1.29, 1.82) is 5.26 Å². The fourth-order valence-corrected chi connectivity index (χ4v) is 1.90. The van der Waals surface area contributed by atoms with Crippen molar-refractivity contribution >= 4 is 11.6 Å². The van der Waals surface area contributed by atoms with Gasteiger partial charge in [-0.1, -0.05) is 23.7 Å². The third-order valence-electron chi connectivity index (χ3n) is 2.65. The Balaban J connectivity index is 2.13. The highest BCUT2D eigenvalue weighted by Crippen LogP contribution is 2.22. The van der Waals surface area contributed by atoms with Gasteiger partial charge in [-0.3, -0.25) is 0 Å². The first-order valence-electron chi connectivity index (χ1n) is 5.67. The summed E-state index contributed by atoms with van der Waals surface area (Å²) in [5.74, 6) is -0.446. The van der Waals surface area contributed by atoms with Crippen molar-refractivity contribution in [2.75, 3.05) is 0 Å². The third kappa shape index (κ3) is 3.24. The number of rotatable bonds is 3. The van der Waals surface area contributed by atoms with Crippen molar-refractivity contribution in [3.8, 4) is 11.8 Å². The van der Waals surface area contributed by atoms with Gasteiger partial charge in [-0.05, 0) is 36.8 Å². The van der Waals surface area contributed by atoms with Crippen molar-refractivity contribution in [2.45, 2.75) is 13.5 Å². The molecule has 2 rings (SSSR count). The zero-order valence-electron chi connectivity index (χ0n) is 10.3. The molecule has 0 N–H and O–H groups in total. The van der Waals surface area contributed by atoms with E-state index in [1.807, 2.05) is 31.2 Å². The fraction of sp³-hybridized carbons (Fsp3) is 0.133. The van der Waals surface area contributed by atoms with Crippen LogP contribution in [0.25, 0.3) is 0 Å². The molecule has 0 radical (unpaired) electrons. The third-order valence-corrected chi connectivity index (χ3v) is 3.00. The highest BCUT2D eigenvalue weighted by molar-refractivity contribution is 6.31. The first kappa shape index (κ1) is 13.4. The number of halogens is 2. The Kier molecular flexibility index (Phi) is 4.03. The molecule has 0 aliphatic heterocycles. The largest absolute Gasteiger partial charge is 0.486 e. The van der Waals surface area contributed by atoms with E-state index in [0.717, 1.165) is 17.2 Å². The van der Waals surface area contributed by atoms with Gasteiger partial charge in [-0.2, -0.15) is 5.26 Å². The molecule has 4 heteroatoms. The molecule has 0 aromatic heterocycles. The Morgan fingerprint density at radius 1 is 1.26 bits per heavy atom. The van der Waals surface area contributed by atoms with E-state index < -0.39 is 5.82 Å². The maximum Gasteiger partial charge on any atom is 0.166 e. The van der Waals surface area contributed by atoms with Crippen molar-refractivity contribution < 1.29 is 9.13 Å². The molecule has 0 unspecified atom stereocenters. The zero-order chi connectivity index (χ0) is 13.8. The van der Waals surface area contributed by atoms with Gasteiger partial charge in [0.2, 0.25) is 0 Å². The van der Waals surface area contributed by atoms with E-state index in [2.05, 4.69) is 0 Å². The Morgan fingerprint density at radius 2 is 2.05 bits per heavy atom. The van der Waals surface area contributed by atoms with Gasteiger partial charge in [-0.25, -0.2) is 4.39 Å². The highest BCUT2D eigenvalue weighted by Gasteiger charge is 2.07. The van der Waals surface area contributed by atoms with Crippen molar-refractivity contribution in [2.24, 2.45) is 0 Å². The second kappa shape index (κ2) is 5.73. The number of nitrogens with zero attached hydrogens (tertiary/aromatic N) is 1. The van der Waals surface area contributed by atoms with Gasteiger partial charge in [0, 0.05) is 10.6 Å². The molecule has 0 bridgehead atoms. The average molecular weight is 276 g/mol. The molecule has 2 nitrogen and oxygen atoms in total. The quantitative estimate of drug-likeness (QED) is 0.839. The monoisotopic (exact) mass is 275 g/mol. The number of hydrogen-bond donors (Lipinski definition) is 0. The summed E-state index contributed by atoms with van der Waals surface area (Å²) in [6, 6.07) is 11.6.